The van der Waals surface area contributed by atoms with Crippen molar-refractivity contribution in [3.63, 3.8) is 0 Å². The Morgan fingerprint density at radius 2 is 2.12 bits per heavy atom. The molecule has 6 nitrogen and oxygen atoms in total. The van der Waals surface area contributed by atoms with Crippen molar-refractivity contribution in [3.05, 3.63) is 35.8 Å². The van der Waals surface area contributed by atoms with E-state index in [4.69, 9.17) is 4.98 Å². The molecule has 3 rings (SSSR count). The Labute approximate surface area is 142 Å². The molecule has 1 saturated heterocycles. The monoisotopic (exact) mass is 325 g/mol. The van der Waals surface area contributed by atoms with Gasteiger partial charge in [0.1, 0.15) is 0 Å². The summed E-state index contributed by atoms with van der Waals surface area (Å²) in [6.45, 7) is 8.05. The van der Waals surface area contributed by atoms with E-state index < -0.39 is 0 Å². The third kappa shape index (κ3) is 3.37. The molecule has 0 aliphatic carbocycles. The highest BCUT2D eigenvalue weighted by atomic mass is 16.1. The summed E-state index contributed by atoms with van der Waals surface area (Å²) >= 11 is 0. The smallest absolute Gasteiger partial charge is 0.225 e. The number of hydrogen-bond donors (Lipinski definition) is 1. The average molecular weight is 325 g/mol. The van der Waals surface area contributed by atoms with Crippen LogP contribution in [0.4, 0.5) is 5.95 Å². The molecule has 1 aliphatic heterocycles. The number of anilines is 1. The van der Waals surface area contributed by atoms with Crippen LogP contribution in [0.15, 0.2) is 24.4 Å². The third-order valence-electron chi connectivity index (χ3n) is 4.34. The molecule has 6 heteroatoms. The van der Waals surface area contributed by atoms with Crippen molar-refractivity contribution >= 4 is 11.9 Å². The molecule has 24 heavy (non-hydrogen) atoms. The summed E-state index contributed by atoms with van der Waals surface area (Å²) in [6, 6.07) is 5.94. The van der Waals surface area contributed by atoms with Gasteiger partial charge in [0, 0.05) is 42.8 Å². The molecule has 1 unspecified atom stereocenters. The van der Waals surface area contributed by atoms with Crippen molar-refractivity contribution in [1.82, 2.24) is 20.3 Å². The largest absolute Gasteiger partial charge is 0.356 e. The zero-order valence-corrected chi connectivity index (χ0v) is 14.4. The molecule has 3 heterocycles. The van der Waals surface area contributed by atoms with E-state index in [1.165, 1.54) is 0 Å². The molecule has 1 atom stereocenters. The first kappa shape index (κ1) is 16.4. The molecular formula is C18H23N5O. The molecule has 1 N–H and O–H groups in total. The summed E-state index contributed by atoms with van der Waals surface area (Å²) in [5.74, 6) is 0.814. The minimum absolute atomic E-state index is 0.0139. The number of aryl methyl sites for hydroxylation is 2. The van der Waals surface area contributed by atoms with Crippen LogP contribution in [0.5, 0.6) is 0 Å². The maximum atomic E-state index is 12.0. The zero-order valence-electron chi connectivity index (χ0n) is 14.4. The highest BCUT2D eigenvalue weighted by Crippen LogP contribution is 2.25. The van der Waals surface area contributed by atoms with Crippen LogP contribution in [0.1, 0.15) is 24.7 Å². The van der Waals surface area contributed by atoms with Crippen LogP contribution in [-0.4, -0.2) is 40.5 Å². The Kier molecular flexibility index (Phi) is 4.74. The van der Waals surface area contributed by atoms with Gasteiger partial charge < -0.3 is 10.2 Å². The average Bonchev–Trinajstić information content (AvgIpc) is 3.05. The predicted molar refractivity (Wildman–Crippen MR) is 93.7 cm³/mol. The predicted octanol–water partition coefficient (Wildman–Crippen LogP) is 2.12. The first-order valence-corrected chi connectivity index (χ1v) is 8.38. The molecule has 0 aromatic carbocycles. The summed E-state index contributed by atoms with van der Waals surface area (Å²) in [7, 11) is 0. The molecule has 0 bridgehead atoms. The zero-order chi connectivity index (χ0) is 17.1. The SMILES string of the molecule is CCNC(=O)C1CCN(c2nccc(-c3ccc(C)nc3C)n2)C1. The molecule has 2 aromatic rings. The van der Waals surface area contributed by atoms with E-state index in [-0.39, 0.29) is 11.8 Å². The maximum Gasteiger partial charge on any atom is 0.225 e. The lowest BCUT2D eigenvalue weighted by molar-refractivity contribution is -0.124. The Bertz CT molecular complexity index is 746. The summed E-state index contributed by atoms with van der Waals surface area (Å²) in [6.07, 6.45) is 2.61. The second-order valence-electron chi connectivity index (χ2n) is 6.15. The summed E-state index contributed by atoms with van der Waals surface area (Å²) in [5, 5.41) is 2.89. The normalized spacial score (nSPS) is 17.1. The lowest BCUT2D eigenvalue weighted by Gasteiger charge is -2.17. The van der Waals surface area contributed by atoms with Crippen molar-refractivity contribution in [3.8, 4) is 11.3 Å². The van der Waals surface area contributed by atoms with E-state index in [0.29, 0.717) is 19.0 Å². The minimum Gasteiger partial charge on any atom is -0.356 e. The fraction of sp³-hybridized carbons (Fsp3) is 0.444. The van der Waals surface area contributed by atoms with Crippen LogP contribution in [0, 0.1) is 19.8 Å². The molecule has 1 aliphatic rings. The van der Waals surface area contributed by atoms with E-state index in [9.17, 15) is 4.79 Å². The molecule has 1 amide bonds. The Hall–Kier alpha value is -2.50. The molecule has 0 saturated carbocycles. The molecule has 0 spiro atoms. The summed E-state index contributed by atoms with van der Waals surface area (Å²) < 4.78 is 0. The van der Waals surface area contributed by atoms with E-state index in [1.54, 1.807) is 6.20 Å². The fourth-order valence-corrected chi connectivity index (χ4v) is 3.08. The summed E-state index contributed by atoms with van der Waals surface area (Å²) in [4.78, 5) is 27.7. The van der Waals surface area contributed by atoms with Gasteiger partial charge in [0.05, 0.1) is 11.6 Å². The van der Waals surface area contributed by atoms with Crippen LogP contribution in [0.25, 0.3) is 11.3 Å². The van der Waals surface area contributed by atoms with Crippen molar-refractivity contribution in [2.75, 3.05) is 24.5 Å². The molecule has 2 aromatic heterocycles. The Balaban J connectivity index is 1.80. The van der Waals surface area contributed by atoms with Gasteiger partial charge in [0.2, 0.25) is 11.9 Å². The molecule has 1 fully saturated rings. The van der Waals surface area contributed by atoms with Crippen molar-refractivity contribution < 1.29 is 4.79 Å². The lowest BCUT2D eigenvalue weighted by Crippen LogP contribution is -2.32. The molecule has 0 radical (unpaired) electrons. The second-order valence-corrected chi connectivity index (χ2v) is 6.15. The van der Waals surface area contributed by atoms with Crippen molar-refractivity contribution in [2.24, 2.45) is 5.92 Å². The fourth-order valence-electron chi connectivity index (χ4n) is 3.08. The van der Waals surface area contributed by atoms with Gasteiger partial charge in [-0.3, -0.25) is 9.78 Å². The number of rotatable bonds is 4. The van der Waals surface area contributed by atoms with Crippen LogP contribution in [-0.2, 0) is 4.79 Å². The highest BCUT2D eigenvalue weighted by molar-refractivity contribution is 5.79. The van der Waals surface area contributed by atoms with Crippen LogP contribution < -0.4 is 10.2 Å². The number of pyridine rings is 1. The lowest BCUT2D eigenvalue weighted by atomic mass is 10.1. The standard InChI is InChI=1S/C18H23N5O/c1-4-19-17(24)14-8-10-23(11-14)18-20-9-7-16(22-18)15-6-5-12(2)21-13(15)3/h5-7,9,14H,4,8,10-11H2,1-3H3,(H,19,24). The van der Waals surface area contributed by atoms with Crippen LogP contribution in [0.3, 0.4) is 0 Å². The number of carbonyl (C=O) groups is 1. The van der Waals surface area contributed by atoms with E-state index >= 15 is 0 Å². The Morgan fingerprint density at radius 1 is 1.29 bits per heavy atom. The number of nitrogens with one attached hydrogen (secondary N) is 1. The van der Waals surface area contributed by atoms with Crippen LogP contribution in [0.2, 0.25) is 0 Å². The first-order valence-electron chi connectivity index (χ1n) is 8.38. The second kappa shape index (κ2) is 6.95. The van der Waals surface area contributed by atoms with E-state index in [1.807, 2.05) is 39.0 Å². The van der Waals surface area contributed by atoms with Gasteiger partial charge in [-0.15, -0.1) is 0 Å². The van der Waals surface area contributed by atoms with Gasteiger partial charge in [-0.1, -0.05) is 0 Å². The molecule has 126 valence electrons. The number of carbonyl (C=O) groups excluding carboxylic acids is 1. The van der Waals surface area contributed by atoms with Crippen molar-refractivity contribution in [1.29, 1.82) is 0 Å². The highest BCUT2D eigenvalue weighted by Gasteiger charge is 2.29. The van der Waals surface area contributed by atoms with Gasteiger partial charge >= 0.3 is 0 Å². The number of amides is 1. The maximum absolute atomic E-state index is 12.0. The number of nitrogens with zero attached hydrogens (tertiary/aromatic N) is 4. The van der Waals surface area contributed by atoms with Gasteiger partial charge in [-0.2, -0.15) is 0 Å². The van der Waals surface area contributed by atoms with Gasteiger partial charge in [-0.25, -0.2) is 9.97 Å². The number of aromatic nitrogens is 3. The van der Waals surface area contributed by atoms with Gasteiger partial charge in [-0.05, 0) is 45.4 Å². The summed E-state index contributed by atoms with van der Waals surface area (Å²) in [5.41, 5.74) is 3.84. The Morgan fingerprint density at radius 3 is 2.88 bits per heavy atom. The van der Waals surface area contributed by atoms with Crippen LogP contribution >= 0.6 is 0 Å². The van der Waals surface area contributed by atoms with Gasteiger partial charge in [0.15, 0.2) is 0 Å². The van der Waals surface area contributed by atoms with Gasteiger partial charge in [0.25, 0.3) is 0 Å². The minimum atomic E-state index is 0.0139. The quantitative estimate of drug-likeness (QED) is 0.932. The number of hydrogen-bond acceptors (Lipinski definition) is 5. The topological polar surface area (TPSA) is 71.0 Å². The van der Waals surface area contributed by atoms with E-state index in [2.05, 4.69) is 20.2 Å². The molecular weight excluding hydrogens is 302 g/mol. The van der Waals surface area contributed by atoms with Crippen molar-refractivity contribution in [2.45, 2.75) is 27.2 Å². The first-order chi connectivity index (χ1) is 11.6. The van der Waals surface area contributed by atoms with E-state index in [0.717, 1.165) is 35.6 Å². The third-order valence-corrected chi connectivity index (χ3v) is 4.34.